The summed E-state index contributed by atoms with van der Waals surface area (Å²) in [4.78, 5) is 0. The van der Waals surface area contributed by atoms with Crippen molar-refractivity contribution in [2.24, 2.45) is 29.6 Å². The van der Waals surface area contributed by atoms with E-state index in [0.717, 1.165) is 35.5 Å². The van der Waals surface area contributed by atoms with Crippen LogP contribution in [0.5, 0.6) is 0 Å². The highest BCUT2D eigenvalue weighted by atomic mass is 14.4. The summed E-state index contributed by atoms with van der Waals surface area (Å²) in [6.45, 7) is 4.64. The third kappa shape index (κ3) is 10.5. The summed E-state index contributed by atoms with van der Waals surface area (Å²) in [5.74, 6) is 12.4. The minimum atomic E-state index is 0.755. The van der Waals surface area contributed by atoms with Gasteiger partial charge >= 0.3 is 0 Å². The first-order chi connectivity index (χ1) is 19.2. The molecule has 0 amide bonds. The molecule has 1 aromatic rings. The van der Waals surface area contributed by atoms with E-state index in [4.69, 9.17) is 0 Å². The van der Waals surface area contributed by atoms with Gasteiger partial charge in [0.1, 0.15) is 0 Å². The smallest absolute Gasteiger partial charge is 0.0249 e. The zero-order chi connectivity index (χ0) is 27.1. The average molecular weight is 529 g/mol. The first-order valence-electron chi connectivity index (χ1n) is 17.5. The maximum absolute atomic E-state index is 3.40. The first kappa shape index (κ1) is 30.5. The standard InChI is InChI=1S/C39H60/c1-3-5-7-9-13-33-18-26-37(27-19-33)39-30-22-35(23-31-39)15-11-10-14-34-20-28-38(29-21-34)36-24-16-32(17-25-36)12-8-6-4-2/h11,15,20-21,28-29,32-33,35-37,39H,3-9,12-13,16-19,22-27,30-31H2,1-2H3/t32-,33-,35-,36-,37-,39-. The van der Waals surface area contributed by atoms with Gasteiger partial charge in [0.2, 0.25) is 0 Å². The summed E-state index contributed by atoms with van der Waals surface area (Å²) in [5.41, 5.74) is 2.71. The van der Waals surface area contributed by atoms with Crippen LogP contribution in [-0.2, 0) is 0 Å². The van der Waals surface area contributed by atoms with Crippen molar-refractivity contribution in [3.05, 3.63) is 47.5 Å². The molecule has 0 radical (unpaired) electrons. The molecule has 0 nitrogen and oxygen atoms in total. The lowest BCUT2D eigenvalue weighted by atomic mass is 9.68. The molecule has 0 atom stereocenters. The van der Waals surface area contributed by atoms with E-state index >= 15 is 0 Å². The van der Waals surface area contributed by atoms with E-state index in [1.54, 1.807) is 5.56 Å². The Kier molecular flexibility index (Phi) is 13.6. The number of benzene rings is 1. The Hall–Kier alpha value is -1.48. The fourth-order valence-electron chi connectivity index (χ4n) is 8.23. The minimum absolute atomic E-state index is 0.755. The van der Waals surface area contributed by atoms with Crippen LogP contribution in [0.1, 0.15) is 166 Å². The van der Waals surface area contributed by atoms with E-state index in [1.807, 2.05) is 0 Å². The van der Waals surface area contributed by atoms with Crippen molar-refractivity contribution >= 4 is 0 Å². The Morgan fingerprint density at radius 2 is 1.15 bits per heavy atom. The summed E-state index contributed by atoms with van der Waals surface area (Å²) in [6.07, 6.45) is 34.9. The highest BCUT2D eigenvalue weighted by Gasteiger charge is 2.30. The van der Waals surface area contributed by atoms with Crippen LogP contribution < -0.4 is 0 Å². The molecule has 39 heavy (non-hydrogen) atoms. The zero-order valence-corrected chi connectivity index (χ0v) is 25.8. The minimum Gasteiger partial charge on any atom is -0.0730 e. The molecule has 0 aliphatic heterocycles. The number of allylic oxidation sites excluding steroid dienone is 2. The van der Waals surface area contributed by atoms with Gasteiger partial charge in [-0.05, 0) is 123 Å². The van der Waals surface area contributed by atoms with Gasteiger partial charge in [-0.25, -0.2) is 0 Å². The summed E-state index contributed by atoms with van der Waals surface area (Å²) in [7, 11) is 0. The topological polar surface area (TPSA) is 0 Å². The molecule has 0 saturated heterocycles. The third-order valence-corrected chi connectivity index (χ3v) is 11.0. The molecule has 4 rings (SSSR count). The Labute approximate surface area is 243 Å². The normalized spacial score (nSPS) is 29.7. The van der Waals surface area contributed by atoms with Gasteiger partial charge in [0.25, 0.3) is 0 Å². The first-order valence-corrected chi connectivity index (χ1v) is 17.5. The van der Waals surface area contributed by atoms with E-state index < -0.39 is 0 Å². The predicted molar refractivity (Wildman–Crippen MR) is 171 cm³/mol. The van der Waals surface area contributed by atoms with E-state index in [-0.39, 0.29) is 0 Å². The largest absolute Gasteiger partial charge is 0.0730 e. The van der Waals surface area contributed by atoms with Gasteiger partial charge in [0, 0.05) is 5.56 Å². The second-order valence-electron chi connectivity index (χ2n) is 13.8. The van der Waals surface area contributed by atoms with Crippen molar-refractivity contribution in [1.29, 1.82) is 0 Å². The molecular weight excluding hydrogens is 468 g/mol. The van der Waals surface area contributed by atoms with Gasteiger partial charge in [0.05, 0.1) is 0 Å². The van der Waals surface area contributed by atoms with Crippen LogP contribution in [0.25, 0.3) is 0 Å². The highest BCUT2D eigenvalue weighted by Crippen LogP contribution is 2.42. The molecule has 1 aromatic carbocycles. The maximum Gasteiger partial charge on any atom is 0.0249 e. The summed E-state index contributed by atoms with van der Waals surface area (Å²) in [6, 6.07) is 9.23. The van der Waals surface area contributed by atoms with E-state index in [1.165, 1.54) is 140 Å². The molecule has 0 bridgehead atoms. The number of hydrogen-bond donors (Lipinski definition) is 0. The molecular formula is C39H60. The van der Waals surface area contributed by atoms with Gasteiger partial charge in [-0.3, -0.25) is 0 Å². The quantitative estimate of drug-likeness (QED) is 0.187. The van der Waals surface area contributed by atoms with E-state index in [2.05, 4.69) is 62.1 Å². The molecule has 0 aromatic heterocycles. The number of hydrogen-bond acceptors (Lipinski definition) is 0. The molecule has 3 aliphatic rings. The third-order valence-electron chi connectivity index (χ3n) is 11.0. The molecule has 0 heterocycles. The molecule has 3 saturated carbocycles. The van der Waals surface area contributed by atoms with E-state index in [9.17, 15) is 0 Å². The van der Waals surface area contributed by atoms with Crippen molar-refractivity contribution in [3.63, 3.8) is 0 Å². The Morgan fingerprint density at radius 3 is 1.77 bits per heavy atom. The van der Waals surface area contributed by atoms with Crippen LogP contribution in [0.15, 0.2) is 36.4 Å². The molecule has 216 valence electrons. The van der Waals surface area contributed by atoms with Gasteiger partial charge in [0.15, 0.2) is 0 Å². The lowest BCUT2D eigenvalue weighted by Gasteiger charge is -2.37. The second kappa shape index (κ2) is 17.4. The van der Waals surface area contributed by atoms with Crippen LogP contribution in [-0.4, -0.2) is 0 Å². The fraction of sp³-hybridized carbons (Fsp3) is 0.744. The predicted octanol–water partition coefficient (Wildman–Crippen LogP) is 12.0. The van der Waals surface area contributed by atoms with Crippen LogP contribution in [0.2, 0.25) is 0 Å². The van der Waals surface area contributed by atoms with Crippen LogP contribution >= 0.6 is 0 Å². The maximum atomic E-state index is 3.40. The average Bonchev–Trinajstić information content (AvgIpc) is 2.99. The zero-order valence-electron chi connectivity index (χ0n) is 25.8. The van der Waals surface area contributed by atoms with E-state index in [0.29, 0.717) is 0 Å². The number of unbranched alkanes of at least 4 members (excludes halogenated alkanes) is 5. The Balaban J connectivity index is 1.11. The van der Waals surface area contributed by atoms with Crippen molar-refractivity contribution in [1.82, 2.24) is 0 Å². The lowest BCUT2D eigenvalue weighted by molar-refractivity contribution is 0.151. The summed E-state index contributed by atoms with van der Waals surface area (Å²) in [5, 5.41) is 0. The van der Waals surface area contributed by atoms with Crippen molar-refractivity contribution in [2.75, 3.05) is 0 Å². The van der Waals surface area contributed by atoms with Crippen LogP contribution in [0.4, 0.5) is 0 Å². The second-order valence-corrected chi connectivity index (χ2v) is 13.8. The van der Waals surface area contributed by atoms with Gasteiger partial charge in [-0.1, -0.05) is 115 Å². The highest BCUT2D eigenvalue weighted by molar-refractivity contribution is 5.39. The fourth-order valence-corrected chi connectivity index (χ4v) is 8.23. The number of rotatable bonds is 12. The summed E-state index contributed by atoms with van der Waals surface area (Å²) >= 11 is 0. The lowest BCUT2D eigenvalue weighted by Crippen LogP contribution is -2.25. The SMILES string of the molecule is CCCCCC[C@H]1CC[C@H]([C@H]2CC[C@H](C=CC#Cc3ccc([C@H]4CC[C@H](CCCCC)CC4)cc3)CC2)CC1. The van der Waals surface area contributed by atoms with Crippen LogP contribution in [0.3, 0.4) is 0 Å². The molecule has 0 heteroatoms. The van der Waals surface area contributed by atoms with Gasteiger partial charge in [-0.2, -0.15) is 0 Å². The van der Waals surface area contributed by atoms with Crippen molar-refractivity contribution in [2.45, 2.75) is 155 Å². The summed E-state index contributed by atoms with van der Waals surface area (Å²) < 4.78 is 0. The van der Waals surface area contributed by atoms with Gasteiger partial charge in [-0.15, -0.1) is 0 Å². The van der Waals surface area contributed by atoms with Crippen LogP contribution in [0, 0.1) is 41.4 Å². The van der Waals surface area contributed by atoms with Crippen molar-refractivity contribution in [3.8, 4) is 11.8 Å². The molecule has 0 unspecified atom stereocenters. The van der Waals surface area contributed by atoms with Gasteiger partial charge < -0.3 is 0 Å². The Bertz CT molecular complexity index is 855. The Morgan fingerprint density at radius 1 is 0.615 bits per heavy atom. The van der Waals surface area contributed by atoms with Crippen molar-refractivity contribution < 1.29 is 0 Å². The molecule has 3 aliphatic carbocycles. The molecule has 3 fully saturated rings. The molecule has 0 N–H and O–H groups in total. The monoisotopic (exact) mass is 528 g/mol. The molecule has 0 spiro atoms.